The third-order valence-corrected chi connectivity index (χ3v) is 2.49. The van der Waals surface area contributed by atoms with Gasteiger partial charge in [0.1, 0.15) is 5.60 Å². The molecule has 0 aromatic carbocycles. The Morgan fingerprint density at radius 2 is 1.73 bits per heavy atom. The molecule has 0 spiro atoms. The number of alkyl carbamates (subject to hydrolysis) is 1. The highest BCUT2D eigenvalue weighted by Gasteiger charge is 2.24. The summed E-state index contributed by atoms with van der Waals surface area (Å²) in [6.45, 7) is 17.8. The molecule has 0 aromatic rings. The molecule has 6 nitrogen and oxygen atoms in total. The molecule has 0 atom stereocenters. The van der Waals surface area contributed by atoms with E-state index >= 15 is 0 Å². The van der Waals surface area contributed by atoms with Crippen molar-refractivity contribution in [3.63, 3.8) is 0 Å². The van der Waals surface area contributed by atoms with Gasteiger partial charge in [0.2, 0.25) is 0 Å². The summed E-state index contributed by atoms with van der Waals surface area (Å²) in [5, 5.41) is 9.33. The molecule has 0 aliphatic rings. The molecule has 0 heterocycles. The van der Waals surface area contributed by atoms with E-state index in [-0.39, 0.29) is 0 Å². The van der Waals surface area contributed by atoms with Crippen LogP contribution in [-0.4, -0.2) is 42.8 Å². The molecular formula is C16H34N4O2. The van der Waals surface area contributed by atoms with Crippen LogP contribution in [-0.2, 0) is 4.74 Å². The third-order valence-electron chi connectivity index (χ3n) is 2.49. The number of ether oxygens (including phenoxy) is 1. The molecule has 0 unspecified atom stereocenters. The SMILES string of the molecule is CCNC(=NCC(C)(C)NC(=O)OC(C)(C)C)NCC(C)C. The van der Waals surface area contributed by atoms with E-state index in [0.29, 0.717) is 12.5 Å². The van der Waals surface area contributed by atoms with E-state index < -0.39 is 17.2 Å². The van der Waals surface area contributed by atoms with E-state index in [4.69, 9.17) is 4.74 Å². The van der Waals surface area contributed by atoms with Crippen molar-refractivity contribution in [1.29, 1.82) is 0 Å². The molecule has 0 bridgehead atoms. The summed E-state index contributed by atoms with van der Waals surface area (Å²) in [5.74, 6) is 1.30. The highest BCUT2D eigenvalue weighted by atomic mass is 16.6. The summed E-state index contributed by atoms with van der Waals surface area (Å²) in [4.78, 5) is 16.4. The molecular weight excluding hydrogens is 280 g/mol. The predicted octanol–water partition coefficient (Wildman–Crippen LogP) is 2.50. The first-order valence-electron chi connectivity index (χ1n) is 7.98. The second kappa shape index (κ2) is 8.86. The lowest BCUT2D eigenvalue weighted by atomic mass is 10.1. The van der Waals surface area contributed by atoms with E-state index in [9.17, 15) is 4.79 Å². The maximum Gasteiger partial charge on any atom is 0.408 e. The van der Waals surface area contributed by atoms with Crippen molar-refractivity contribution in [3.05, 3.63) is 0 Å². The Bertz CT molecular complexity index is 371. The molecule has 0 radical (unpaired) electrons. The Morgan fingerprint density at radius 3 is 2.18 bits per heavy atom. The Morgan fingerprint density at radius 1 is 1.14 bits per heavy atom. The summed E-state index contributed by atoms with van der Waals surface area (Å²) in [6, 6.07) is 0. The van der Waals surface area contributed by atoms with Gasteiger partial charge >= 0.3 is 6.09 Å². The van der Waals surface area contributed by atoms with Crippen LogP contribution in [0.4, 0.5) is 4.79 Å². The second-order valence-electron chi connectivity index (χ2n) is 7.48. The largest absolute Gasteiger partial charge is 0.444 e. The highest BCUT2D eigenvalue weighted by Crippen LogP contribution is 2.09. The summed E-state index contributed by atoms with van der Waals surface area (Å²) < 4.78 is 5.28. The third kappa shape index (κ3) is 11.2. The van der Waals surface area contributed by atoms with Crippen molar-refractivity contribution in [2.75, 3.05) is 19.6 Å². The zero-order valence-corrected chi connectivity index (χ0v) is 15.5. The van der Waals surface area contributed by atoms with Crippen molar-refractivity contribution in [2.45, 2.75) is 66.5 Å². The number of hydrogen-bond donors (Lipinski definition) is 3. The van der Waals surface area contributed by atoms with Crippen molar-refractivity contribution < 1.29 is 9.53 Å². The fourth-order valence-electron chi connectivity index (χ4n) is 1.54. The number of carbonyl (C=O) groups is 1. The van der Waals surface area contributed by atoms with Crippen LogP contribution in [0.5, 0.6) is 0 Å². The van der Waals surface area contributed by atoms with Gasteiger partial charge in [-0.15, -0.1) is 0 Å². The van der Waals surface area contributed by atoms with E-state index in [1.54, 1.807) is 0 Å². The molecule has 3 N–H and O–H groups in total. The maximum atomic E-state index is 11.8. The van der Waals surface area contributed by atoms with Gasteiger partial charge in [0, 0.05) is 13.1 Å². The summed E-state index contributed by atoms with van der Waals surface area (Å²) >= 11 is 0. The highest BCUT2D eigenvalue weighted by molar-refractivity contribution is 5.79. The van der Waals surface area contributed by atoms with Crippen molar-refractivity contribution in [2.24, 2.45) is 10.9 Å². The van der Waals surface area contributed by atoms with E-state index in [1.165, 1.54) is 0 Å². The lowest BCUT2D eigenvalue weighted by Crippen LogP contribution is -2.49. The van der Waals surface area contributed by atoms with Gasteiger partial charge in [-0.05, 0) is 47.5 Å². The van der Waals surface area contributed by atoms with Gasteiger partial charge in [-0.1, -0.05) is 13.8 Å². The average molecular weight is 314 g/mol. The fourth-order valence-corrected chi connectivity index (χ4v) is 1.54. The zero-order valence-electron chi connectivity index (χ0n) is 15.5. The minimum atomic E-state index is -0.503. The number of amides is 1. The Kier molecular flexibility index (Phi) is 8.27. The first-order chi connectivity index (χ1) is 9.95. The summed E-state index contributed by atoms with van der Waals surface area (Å²) in [5.41, 5.74) is -0.986. The molecule has 0 aromatic heterocycles. The first-order valence-corrected chi connectivity index (χ1v) is 7.98. The van der Waals surface area contributed by atoms with E-state index in [1.807, 2.05) is 41.5 Å². The number of guanidine groups is 1. The molecule has 6 heteroatoms. The lowest BCUT2D eigenvalue weighted by Gasteiger charge is -2.27. The van der Waals surface area contributed by atoms with Crippen LogP contribution in [0.15, 0.2) is 4.99 Å². The summed E-state index contributed by atoms with van der Waals surface area (Å²) in [7, 11) is 0. The molecule has 0 saturated carbocycles. The van der Waals surface area contributed by atoms with Crippen LogP contribution in [0.2, 0.25) is 0 Å². The van der Waals surface area contributed by atoms with Crippen LogP contribution in [0.3, 0.4) is 0 Å². The Balaban J connectivity index is 4.57. The lowest BCUT2D eigenvalue weighted by molar-refractivity contribution is 0.0476. The monoisotopic (exact) mass is 314 g/mol. The predicted molar refractivity (Wildman–Crippen MR) is 92.3 cm³/mol. The number of rotatable bonds is 6. The standard InChI is InChI=1S/C16H34N4O2/c1-9-17-13(18-10-12(2)3)19-11-16(7,8)20-14(21)22-15(4,5)6/h12H,9-11H2,1-8H3,(H,20,21)(H2,17,18,19). The molecule has 130 valence electrons. The molecule has 1 amide bonds. The smallest absolute Gasteiger partial charge is 0.408 e. The quantitative estimate of drug-likeness (QED) is 0.520. The summed E-state index contributed by atoms with van der Waals surface area (Å²) in [6.07, 6.45) is -0.423. The van der Waals surface area contributed by atoms with Gasteiger partial charge in [0.15, 0.2) is 5.96 Å². The molecule has 0 aliphatic carbocycles. The Hall–Kier alpha value is -1.46. The van der Waals surface area contributed by atoms with Crippen LogP contribution in [0, 0.1) is 5.92 Å². The number of aliphatic imine (C=N–C) groups is 1. The van der Waals surface area contributed by atoms with Crippen LogP contribution < -0.4 is 16.0 Å². The maximum absolute atomic E-state index is 11.8. The second-order valence-corrected chi connectivity index (χ2v) is 7.48. The zero-order chi connectivity index (χ0) is 17.4. The van der Waals surface area contributed by atoms with Crippen molar-refractivity contribution in [3.8, 4) is 0 Å². The van der Waals surface area contributed by atoms with Crippen LogP contribution in [0.25, 0.3) is 0 Å². The van der Waals surface area contributed by atoms with Gasteiger partial charge in [-0.2, -0.15) is 0 Å². The number of carbonyl (C=O) groups excluding carboxylic acids is 1. The molecule has 22 heavy (non-hydrogen) atoms. The molecule has 0 fully saturated rings. The molecule has 0 aliphatic heterocycles. The normalized spacial score (nSPS) is 13.0. The van der Waals surface area contributed by atoms with Gasteiger partial charge < -0.3 is 20.7 Å². The fraction of sp³-hybridized carbons (Fsp3) is 0.875. The number of nitrogens with one attached hydrogen (secondary N) is 3. The van der Waals surface area contributed by atoms with Crippen molar-refractivity contribution >= 4 is 12.1 Å². The molecule has 0 rings (SSSR count). The van der Waals surface area contributed by atoms with Gasteiger partial charge in [0.25, 0.3) is 0 Å². The topological polar surface area (TPSA) is 74.8 Å². The van der Waals surface area contributed by atoms with Crippen molar-refractivity contribution in [1.82, 2.24) is 16.0 Å². The average Bonchev–Trinajstić information content (AvgIpc) is 2.29. The number of nitrogens with zero attached hydrogens (tertiary/aromatic N) is 1. The van der Waals surface area contributed by atoms with Gasteiger partial charge in [-0.3, -0.25) is 4.99 Å². The van der Waals surface area contributed by atoms with Gasteiger partial charge in [0.05, 0.1) is 12.1 Å². The molecule has 0 saturated heterocycles. The Labute approximate surface area is 135 Å². The van der Waals surface area contributed by atoms with Crippen LogP contribution >= 0.6 is 0 Å². The van der Waals surface area contributed by atoms with E-state index in [2.05, 4.69) is 34.8 Å². The minimum absolute atomic E-state index is 0.423. The first kappa shape index (κ1) is 20.5. The van der Waals surface area contributed by atoms with E-state index in [0.717, 1.165) is 19.0 Å². The van der Waals surface area contributed by atoms with Gasteiger partial charge in [-0.25, -0.2) is 4.79 Å². The van der Waals surface area contributed by atoms with Crippen LogP contribution in [0.1, 0.15) is 55.4 Å². The minimum Gasteiger partial charge on any atom is -0.444 e. The number of hydrogen-bond acceptors (Lipinski definition) is 3.